The maximum Gasteiger partial charge on any atom is 0.312 e. The van der Waals surface area contributed by atoms with Crippen molar-refractivity contribution < 1.29 is 29.3 Å². The Kier molecular flexibility index (Phi) is 3.82. The SMILES string of the molecule is COc1ccc2ccc(OC)c(CN3C[C@@]4(C(=O)O)C[C@@]4(C(=O)O)C3)c2c1. The first kappa shape index (κ1) is 17.6. The maximum atomic E-state index is 11.8. The zero-order chi connectivity index (χ0) is 19.4. The lowest BCUT2D eigenvalue weighted by Gasteiger charge is -2.22. The van der Waals surface area contributed by atoms with Crippen molar-refractivity contribution in [1.82, 2.24) is 4.90 Å². The van der Waals surface area contributed by atoms with E-state index in [1.807, 2.05) is 35.2 Å². The molecule has 0 aromatic heterocycles. The minimum absolute atomic E-state index is 0.196. The third kappa shape index (κ3) is 2.38. The molecule has 7 nitrogen and oxygen atoms in total. The summed E-state index contributed by atoms with van der Waals surface area (Å²) in [6.45, 7) is 0.855. The molecule has 1 aliphatic carbocycles. The van der Waals surface area contributed by atoms with Gasteiger partial charge in [0.1, 0.15) is 11.5 Å². The smallest absolute Gasteiger partial charge is 0.312 e. The van der Waals surface area contributed by atoms with E-state index in [-0.39, 0.29) is 19.5 Å². The van der Waals surface area contributed by atoms with Crippen molar-refractivity contribution in [1.29, 1.82) is 0 Å². The Morgan fingerprint density at radius 1 is 1.04 bits per heavy atom. The molecular formula is C20H21NO6. The number of piperidine rings is 1. The number of carbonyl (C=O) groups is 2. The second-order valence-corrected chi connectivity index (χ2v) is 7.43. The molecule has 2 fully saturated rings. The number of nitrogens with zero attached hydrogens (tertiary/aromatic N) is 1. The Balaban J connectivity index is 1.72. The van der Waals surface area contributed by atoms with Gasteiger partial charge in [-0.1, -0.05) is 12.1 Å². The molecule has 2 aromatic rings. The van der Waals surface area contributed by atoms with Gasteiger partial charge in [-0.25, -0.2) is 0 Å². The Hall–Kier alpha value is -2.80. The highest BCUT2D eigenvalue weighted by Gasteiger charge is 2.80. The highest BCUT2D eigenvalue weighted by Crippen LogP contribution is 2.68. The van der Waals surface area contributed by atoms with E-state index in [9.17, 15) is 19.8 Å². The number of carboxylic acid groups (broad SMARTS) is 2. The topological polar surface area (TPSA) is 96.3 Å². The summed E-state index contributed by atoms with van der Waals surface area (Å²) in [4.78, 5) is 25.4. The van der Waals surface area contributed by atoms with E-state index in [1.165, 1.54) is 0 Å². The van der Waals surface area contributed by atoms with Gasteiger partial charge in [-0.2, -0.15) is 0 Å². The first-order chi connectivity index (χ1) is 12.9. The van der Waals surface area contributed by atoms with Crippen molar-refractivity contribution in [3.8, 4) is 11.5 Å². The van der Waals surface area contributed by atoms with E-state index in [0.717, 1.165) is 16.3 Å². The van der Waals surface area contributed by atoms with Gasteiger partial charge < -0.3 is 19.7 Å². The molecular weight excluding hydrogens is 350 g/mol. The van der Waals surface area contributed by atoms with Crippen LogP contribution in [0.2, 0.25) is 0 Å². The number of rotatable bonds is 6. The summed E-state index contributed by atoms with van der Waals surface area (Å²) >= 11 is 0. The van der Waals surface area contributed by atoms with Crippen LogP contribution in [0.3, 0.4) is 0 Å². The van der Waals surface area contributed by atoms with Crippen LogP contribution in [0.15, 0.2) is 30.3 Å². The van der Waals surface area contributed by atoms with Crippen LogP contribution in [0, 0.1) is 10.8 Å². The molecule has 2 aromatic carbocycles. The quantitative estimate of drug-likeness (QED) is 0.804. The monoisotopic (exact) mass is 371 g/mol. The fourth-order valence-electron chi connectivity index (χ4n) is 4.56. The Labute approximate surface area is 156 Å². The molecule has 142 valence electrons. The zero-order valence-electron chi connectivity index (χ0n) is 15.2. The standard InChI is InChI=1S/C20H21NO6/c1-26-13-5-3-12-4-6-16(27-2)15(14(12)7-13)8-21-10-19(17(22)23)9-20(19,11-21)18(24)25/h3-7H,8-11H2,1-2H3,(H,22,23)(H,24,25)/t19-,20+. The van der Waals surface area contributed by atoms with Gasteiger partial charge in [0.05, 0.1) is 25.0 Å². The Morgan fingerprint density at radius 2 is 1.67 bits per heavy atom. The van der Waals surface area contributed by atoms with Crippen molar-refractivity contribution in [2.24, 2.45) is 10.8 Å². The molecule has 2 atom stereocenters. The van der Waals surface area contributed by atoms with Gasteiger partial charge in [0.2, 0.25) is 0 Å². The molecule has 27 heavy (non-hydrogen) atoms. The normalized spacial score (nSPS) is 26.6. The van der Waals surface area contributed by atoms with Crippen molar-refractivity contribution in [2.75, 3.05) is 27.3 Å². The van der Waals surface area contributed by atoms with Gasteiger partial charge in [-0.05, 0) is 35.4 Å². The van der Waals surface area contributed by atoms with Gasteiger partial charge in [0.15, 0.2) is 0 Å². The Morgan fingerprint density at radius 3 is 2.22 bits per heavy atom. The van der Waals surface area contributed by atoms with E-state index in [0.29, 0.717) is 18.0 Å². The van der Waals surface area contributed by atoms with E-state index in [2.05, 4.69) is 0 Å². The van der Waals surface area contributed by atoms with E-state index >= 15 is 0 Å². The summed E-state index contributed by atoms with van der Waals surface area (Å²) in [5.41, 5.74) is -1.47. The molecule has 4 rings (SSSR count). The molecule has 2 N–H and O–H groups in total. The molecule has 2 aliphatic rings. The minimum Gasteiger partial charge on any atom is -0.497 e. The van der Waals surface area contributed by atoms with Crippen LogP contribution in [0.25, 0.3) is 10.8 Å². The number of likely N-dealkylation sites (tertiary alicyclic amines) is 1. The molecule has 0 amide bonds. The first-order valence-electron chi connectivity index (χ1n) is 8.70. The zero-order valence-corrected chi connectivity index (χ0v) is 15.2. The van der Waals surface area contributed by atoms with Gasteiger partial charge in [0.25, 0.3) is 0 Å². The third-order valence-corrected chi connectivity index (χ3v) is 6.10. The van der Waals surface area contributed by atoms with Gasteiger partial charge in [-0.3, -0.25) is 14.5 Å². The second-order valence-electron chi connectivity index (χ2n) is 7.43. The summed E-state index contributed by atoms with van der Waals surface area (Å²) in [6, 6.07) is 9.58. The highest BCUT2D eigenvalue weighted by molar-refractivity contribution is 5.94. The number of hydrogen-bond acceptors (Lipinski definition) is 5. The molecule has 0 bridgehead atoms. The maximum absolute atomic E-state index is 11.8. The van der Waals surface area contributed by atoms with Gasteiger partial charge in [0, 0.05) is 25.2 Å². The third-order valence-electron chi connectivity index (χ3n) is 6.10. The van der Waals surface area contributed by atoms with Crippen LogP contribution in [0.5, 0.6) is 11.5 Å². The average Bonchev–Trinajstić information content (AvgIpc) is 3.20. The van der Waals surface area contributed by atoms with Gasteiger partial charge >= 0.3 is 11.9 Å². The van der Waals surface area contributed by atoms with Crippen LogP contribution in [-0.4, -0.2) is 54.4 Å². The number of carboxylic acids is 2. The largest absolute Gasteiger partial charge is 0.497 e. The molecule has 0 unspecified atom stereocenters. The van der Waals surface area contributed by atoms with E-state index in [4.69, 9.17) is 9.47 Å². The summed E-state index contributed by atoms with van der Waals surface area (Å²) in [7, 11) is 3.19. The molecule has 0 spiro atoms. The summed E-state index contributed by atoms with van der Waals surface area (Å²) in [5.74, 6) is -0.659. The predicted octanol–water partition coefficient (Wildman–Crippen LogP) is 2.22. The molecule has 1 aliphatic heterocycles. The van der Waals surface area contributed by atoms with E-state index in [1.54, 1.807) is 14.2 Å². The van der Waals surface area contributed by atoms with Gasteiger partial charge in [-0.15, -0.1) is 0 Å². The van der Waals surface area contributed by atoms with Crippen molar-refractivity contribution in [3.63, 3.8) is 0 Å². The molecule has 7 heteroatoms. The number of fused-ring (bicyclic) bond motifs is 2. The number of aliphatic carboxylic acids is 2. The van der Waals surface area contributed by atoms with Crippen LogP contribution in [0.1, 0.15) is 12.0 Å². The Bertz CT molecular complexity index is 924. The predicted molar refractivity (Wildman–Crippen MR) is 97.1 cm³/mol. The second kappa shape index (κ2) is 5.85. The van der Waals surface area contributed by atoms with Crippen LogP contribution in [-0.2, 0) is 16.1 Å². The number of hydrogen-bond donors (Lipinski definition) is 2. The molecule has 0 radical (unpaired) electrons. The lowest BCUT2D eigenvalue weighted by atomic mass is 9.97. The number of benzene rings is 2. The molecule has 1 saturated carbocycles. The minimum atomic E-state index is -1.19. The summed E-state index contributed by atoms with van der Waals surface area (Å²) in [5, 5.41) is 21.2. The van der Waals surface area contributed by atoms with Crippen LogP contribution in [0.4, 0.5) is 0 Å². The van der Waals surface area contributed by atoms with Crippen molar-refractivity contribution >= 4 is 22.7 Å². The van der Waals surface area contributed by atoms with Crippen LogP contribution < -0.4 is 9.47 Å². The summed E-state index contributed by atoms with van der Waals surface area (Å²) < 4.78 is 10.9. The number of methoxy groups -OCH3 is 2. The van der Waals surface area contributed by atoms with Crippen molar-refractivity contribution in [3.05, 3.63) is 35.9 Å². The lowest BCUT2D eigenvalue weighted by molar-refractivity contribution is -0.151. The van der Waals surface area contributed by atoms with Crippen molar-refractivity contribution in [2.45, 2.75) is 13.0 Å². The first-order valence-corrected chi connectivity index (χ1v) is 8.70. The number of ether oxygens (including phenoxy) is 2. The average molecular weight is 371 g/mol. The molecule has 1 heterocycles. The fourth-order valence-corrected chi connectivity index (χ4v) is 4.56. The summed E-state index contributed by atoms with van der Waals surface area (Å²) in [6.07, 6.45) is 0.196. The molecule has 1 saturated heterocycles. The van der Waals surface area contributed by atoms with Crippen LogP contribution >= 0.6 is 0 Å². The highest BCUT2D eigenvalue weighted by atomic mass is 16.5. The lowest BCUT2D eigenvalue weighted by Crippen LogP contribution is -2.28. The fraction of sp³-hybridized carbons (Fsp3) is 0.400. The van der Waals surface area contributed by atoms with E-state index < -0.39 is 22.8 Å².